The Balaban J connectivity index is 1.46. The molecular formula is C91H102Si. The standard InChI is InChI=1S/C91H102Si/c1-84(2,3)76-32-28-33-77(85(4,5)6)72(76)48-44-67-55-63(56-68(59-67)45-49-73-78(86(7,8)9)34-29-35-79(73)87(10,11)12)40-42-65-54-66(62-71(61-65)52-53-92(25,26)27)43-41-64-57-69(46-50-74-80(88(13,14)15)36-30-37-81(74)89(16,17)18)60-70(58-64)47-51-75-82(90(19,20)21)38-31-39-83(75)91(22,23)24/h28-39,54-62H,1-27H3. The van der Waals surface area contributed by atoms with Crippen LogP contribution in [-0.2, 0) is 43.3 Å². The van der Waals surface area contributed by atoms with Crippen LogP contribution in [0.5, 0.6) is 0 Å². The van der Waals surface area contributed by atoms with Crippen molar-refractivity contribution in [3.63, 3.8) is 0 Å². The number of hydrogen-bond donors (Lipinski definition) is 0. The molecule has 0 aromatic heterocycles. The van der Waals surface area contributed by atoms with Crippen molar-refractivity contribution in [2.24, 2.45) is 0 Å². The number of benzene rings is 7. The van der Waals surface area contributed by atoms with Crippen LogP contribution in [0.25, 0.3) is 0 Å². The third kappa shape index (κ3) is 18.9. The monoisotopic (exact) mass is 1220 g/mol. The minimum atomic E-state index is -1.77. The molecule has 0 radical (unpaired) electrons. The minimum absolute atomic E-state index is 0.111. The quantitative estimate of drug-likeness (QED) is 0.105. The highest BCUT2D eigenvalue weighted by atomic mass is 28.3. The minimum Gasteiger partial charge on any atom is -0.127 e. The first-order valence-corrected chi connectivity index (χ1v) is 36.4. The van der Waals surface area contributed by atoms with E-state index in [9.17, 15) is 0 Å². The van der Waals surface area contributed by atoms with Gasteiger partial charge in [0.25, 0.3) is 0 Å². The van der Waals surface area contributed by atoms with Crippen molar-refractivity contribution < 1.29 is 0 Å². The Kier molecular flexibility index (Phi) is 20.7. The summed E-state index contributed by atoms with van der Waals surface area (Å²) in [5, 5.41) is 0. The molecule has 0 N–H and O–H groups in total. The highest BCUT2D eigenvalue weighted by molar-refractivity contribution is 6.83. The van der Waals surface area contributed by atoms with Crippen LogP contribution in [0.15, 0.2) is 127 Å². The molecule has 0 atom stereocenters. The second-order valence-electron chi connectivity index (χ2n) is 34.3. The summed E-state index contributed by atoms with van der Waals surface area (Å²) in [6.07, 6.45) is 0. The van der Waals surface area contributed by atoms with Gasteiger partial charge in [-0.25, -0.2) is 0 Å². The molecule has 0 bridgehead atoms. The molecule has 0 nitrogen and oxygen atoms in total. The molecule has 7 aromatic rings. The van der Waals surface area contributed by atoms with Gasteiger partial charge in [-0.1, -0.05) is 336 Å². The van der Waals surface area contributed by atoms with Crippen LogP contribution >= 0.6 is 0 Å². The predicted molar refractivity (Wildman–Crippen MR) is 401 cm³/mol. The third-order valence-corrected chi connectivity index (χ3v) is 17.0. The van der Waals surface area contributed by atoms with E-state index in [-0.39, 0.29) is 43.3 Å². The molecule has 0 unspecified atom stereocenters. The van der Waals surface area contributed by atoms with E-state index in [4.69, 9.17) is 0 Å². The van der Waals surface area contributed by atoms with Gasteiger partial charge in [-0.05, 0) is 142 Å². The van der Waals surface area contributed by atoms with E-state index in [0.717, 1.165) is 72.3 Å². The summed E-state index contributed by atoms with van der Waals surface area (Å²) in [6, 6.07) is 45.5. The molecule has 470 valence electrons. The maximum absolute atomic E-state index is 3.72. The van der Waals surface area contributed by atoms with Crippen LogP contribution in [0.1, 0.15) is 283 Å². The van der Waals surface area contributed by atoms with Gasteiger partial charge in [-0.15, -0.1) is 5.54 Å². The first kappa shape index (κ1) is 71.1. The van der Waals surface area contributed by atoms with Crippen LogP contribution in [-0.4, -0.2) is 8.07 Å². The van der Waals surface area contributed by atoms with Crippen molar-refractivity contribution in [1.82, 2.24) is 0 Å². The molecule has 0 spiro atoms. The Labute approximate surface area is 560 Å². The summed E-state index contributed by atoms with van der Waals surface area (Å²) in [7, 11) is -1.77. The average molecular weight is 1220 g/mol. The fraction of sp³-hybridized carbons (Fsp3) is 0.385. The lowest BCUT2D eigenvalue weighted by Crippen LogP contribution is -2.19. The van der Waals surface area contributed by atoms with Gasteiger partial charge in [0.15, 0.2) is 0 Å². The Morgan fingerprint density at radius 2 is 0.326 bits per heavy atom. The highest BCUT2D eigenvalue weighted by Crippen LogP contribution is 2.38. The fourth-order valence-electron chi connectivity index (χ4n) is 11.4. The highest BCUT2D eigenvalue weighted by Gasteiger charge is 2.29. The molecule has 7 aromatic carbocycles. The van der Waals surface area contributed by atoms with Crippen LogP contribution in [0.4, 0.5) is 0 Å². The summed E-state index contributed by atoms with van der Waals surface area (Å²) >= 11 is 0. The van der Waals surface area contributed by atoms with Gasteiger partial charge in [0.05, 0.1) is 0 Å². The molecule has 1 heteroatoms. The average Bonchev–Trinajstić information content (AvgIpc) is 0.831. The third-order valence-electron chi connectivity index (χ3n) is 16.1. The summed E-state index contributed by atoms with van der Waals surface area (Å²) in [5.74, 6) is 47.4. The summed E-state index contributed by atoms with van der Waals surface area (Å²) in [5.41, 5.74) is 24.4. The fourth-order valence-corrected chi connectivity index (χ4v) is 11.9. The van der Waals surface area contributed by atoms with Crippen LogP contribution in [0, 0.1) is 82.5 Å². The topological polar surface area (TPSA) is 0 Å². The van der Waals surface area contributed by atoms with Gasteiger partial charge in [0.2, 0.25) is 0 Å². The van der Waals surface area contributed by atoms with Crippen LogP contribution in [0.3, 0.4) is 0 Å². The molecule has 0 aliphatic rings. The molecular weight excluding hydrogens is 1120 g/mol. The van der Waals surface area contributed by atoms with Crippen molar-refractivity contribution in [1.29, 1.82) is 0 Å². The van der Waals surface area contributed by atoms with E-state index in [1.807, 2.05) is 0 Å². The smallest absolute Gasteiger partial charge is 0.127 e. The SMILES string of the molecule is CC(C)(C)c1cccc(C(C)(C)C)c1C#Cc1cc(C#Cc2cc(C#Cc3cc(C#Cc4c(C(C)(C)C)cccc4C(C)(C)C)cc(C#Cc4c(C(C)(C)C)cccc4C(C)(C)C)c3)cc(C#C[Si](C)(C)C)c2)cc(C#Cc2c(C(C)(C)C)cccc2C(C)(C)C)c1. The van der Waals surface area contributed by atoms with E-state index >= 15 is 0 Å². The second kappa shape index (κ2) is 26.7. The largest absolute Gasteiger partial charge is 0.129 e. The summed E-state index contributed by atoms with van der Waals surface area (Å²) in [4.78, 5) is 0. The van der Waals surface area contributed by atoms with Gasteiger partial charge in [0, 0.05) is 72.3 Å². The van der Waals surface area contributed by atoms with Gasteiger partial charge in [-0.3, -0.25) is 0 Å². The first-order chi connectivity index (χ1) is 42.3. The molecule has 0 heterocycles. The van der Waals surface area contributed by atoms with Crippen LogP contribution in [0.2, 0.25) is 19.6 Å². The van der Waals surface area contributed by atoms with Gasteiger partial charge in [-0.2, -0.15) is 0 Å². The molecule has 0 fully saturated rings. The van der Waals surface area contributed by atoms with Gasteiger partial charge >= 0.3 is 0 Å². The number of hydrogen-bond acceptors (Lipinski definition) is 0. The molecule has 0 saturated heterocycles. The van der Waals surface area contributed by atoms with Gasteiger partial charge < -0.3 is 0 Å². The molecule has 0 saturated carbocycles. The van der Waals surface area contributed by atoms with Gasteiger partial charge in [0.1, 0.15) is 8.07 Å². The van der Waals surface area contributed by atoms with Crippen LogP contribution < -0.4 is 0 Å². The Hall–Kier alpha value is -8.32. The Morgan fingerprint density at radius 3 is 0.457 bits per heavy atom. The van der Waals surface area contributed by atoms with E-state index in [2.05, 4.69) is 396 Å². The van der Waals surface area contributed by atoms with E-state index < -0.39 is 8.07 Å². The Morgan fingerprint density at radius 1 is 0.196 bits per heavy atom. The zero-order valence-electron chi connectivity index (χ0n) is 61.1. The molecule has 0 aliphatic heterocycles. The molecule has 0 aliphatic carbocycles. The van der Waals surface area contributed by atoms with E-state index in [1.54, 1.807) is 0 Å². The maximum Gasteiger partial charge on any atom is 0.129 e. The zero-order chi connectivity index (χ0) is 68.4. The second-order valence-corrected chi connectivity index (χ2v) is 39.1. The lowest BCUT2D eigenvalue weighted by Gasteiger charge is -2.27. The van der Waals surface area contributed by atoms with Crippen molar-refractivity contribution in [3.8, 4) is 82.5 Å². The lowest BCUT2D eigenvalue weighted by atomic mass is 9.76. The van der Waals surface area contributed by atoms with E-state index in [0.29, 0.717) is 0 Å². The zero-order valence-corrected chi connectivity index (χ0v) is 62.1. The lowest BCUT2D eigenvalue weighted by molar-refractivity contribution is 0.565. The molecule has 7 rings (SSSR count). The number of rotatable bonds is 0. The van der Waals surface area contributed by atoms with E-state index in [1.165, 1.54) is 44.5 Å². The summed E-state index contributed by atoms with van der Waals surface area (Å²) < 4.78 is 0. The van der Waals surface area contributed by atoms with Crippen molar-refractivity contribution in [2.75, 3.05) is 0 Å². The maximum atomic E-state index is 3.72. The molecule has 0 amide bonds. The molecule has 92 heavy (non-hydrogen) atoms. The first-order valence-electron chi connectivity index (χ1n) is 32.9. The Bertz CT molecular complexity index is 3820. The normalized spacial score (nSPS) is 12.1. The predicted octanol–water partition coefficient (Wildman–Crippen LogP) is 21.7. The van der Waals surface area contributed by atoms with Crippen molar-refractivity contribution in [3.05, 3.63) is 244 Å². The van der Waals surface area contributed by atoms with Crippen molar-refractivity contribution >= 4 is 8.07 Å². The van der Waals surface area contributed by atoms with Crippen molar-refractivity contribution in [2.45, 2.75) is 229 Å². The summed E-state index contributed by atoms with van der Waals surface area (Å²) in [6.45, 7) is 61.2.